The molecule has 5 nitrogen and oxygen atoms in total. The normalized spacial score (nSPS) is 11.2. The number of nitrogens with zero attached hydrogens (tertiary/aromatic N) is 1. The third-order valence-corrected chi connectivity index (χ3v) is 2.44. The van der Waals surface area contributed by atoms with Crippen LogP contribution < -0.4 is 11.3 Å². The van der Waals surface area contributed by atoms with E-state index in [-0.39, 0.29) is 5.91 Å². The van der Waals surface area contributed by atoms with E-state index in [0.29, 0.717) is 13.2 Å². The number of hydrogen-bond acceptors (Lipinski definition) is 4. The number of ether oxygens (including phenoxy) is 1. The highest BCUT2D eigenvalue weighted by Crippen LogP contribution is 2.15. The number of rotatable bonds is 6. The Morgan fingerprint density at radius 2 is 2.29 bits per heavy atom. The summed E-state index contributed by atoms with van der Waals surface area (Å²) in [5, 5.41) is 0. The van der Waals surface area contributed by atoms with Crippen LogP contribution in [0.2, 0.25) is 0 Å². The van der Waals surface area contributed by atoms with E-state index < -0.39 is 5.41 Å². The maximum atomic E-state index is 11.4. The molecule has 17 heavy (non-hydrogen) atoms. The van der Waals surface area contributed by atoms with E-state index in [1.54, 1.807) is 20.0 Å². The first-order valence-electron chi connectivity index (χ1n) is 5.55. The van der Waals surface area contributed by atoms with Gasteiger partial charge < -0.3 is 4.74 Å². The fraction of sp³-hybridized carbons (Fsp3) is 0.500. The Labute approximate surface area is 101 Å². The van der Waals surface area contributed by atoms with E-state index in [0.717, 1.165) is 12.1 Å². The van der Waals surface area contributed by atoms with Crippen molar-refractivity contribution in [2.75, 3.05) is 13.2 Å². The minimum absolute atomic E-state index is 0.227. The highest BCUT2D eigenvalue weighted by Gasteiger charge is 2.26. The molecule has 0 fully saturated rings. The molecule has 0 saturated heterocycles. The molecule has 0 aliphatic carbocycles. The fourth-order valence-electron chi connectivity index (χ4n) is 1.31. The van der Waals surface area contributed by atoms with Crippen molar-refractivity contribution in [2.24, 2.45) is 11.3 Å². The van der Waals surface area contributed by atoms with Gasteiger partial charge in [-0.2, -0.15) is 0 Å². The lowest BCUT2D eigenvalue weighted by Gasteiger charge is -2.21. The maximum Gasteiger partial charge on any atom is 0.241 e. The van der Waals surface area contributed by atoms with Crippen LogP contribution in [0.4, 0.5) is 0 Å². The van der Waals surface area contributed by atoms with Crippen LogP contribution in [0.25, 0.3) is 0 Å². The van der Waals surface area contributed by atoms with Crippen LogP contribution >= 0.6 is 0 Å². The molecule has 0 aliphatic heterocycles. The minimum atomic E-state index is -0.612. The average Bonchev–Trinajstić information content (AvgIpc) is 2.35. The highest BCUT2D eigenvalue weighted by molar-refractivity contribution is 5.81. The second kappa shape index (κ2) is 6.32. The molecule has 3 N–H and O–H groups in total. The molecule has 0 atom stereocenters. The van der Waals surface area contributed by atoms with Crippen molar-refractivity contribution in [1.29, 1.82) is 0 Å². The number of amides is 1. The van der Waals surface area contributed by atoms with Crippen LogP contribution in [-0.4, -0.2) is 24.1 Å². The first kappa shape index (κ1) is 13.6. The van der Waals surface area contributed by atoms with Gasteiger partial charge in [0.1, 0.15) is 0 Å². The molecule has 1 rings (SSSR count). The van der Waals surface area contributed by atoms with Crippen LogP contribution in [0, 0.1) is 5.41 Å². The molecule has 0 spiro atoms. The molecule has 1 heterocycles. The van der Waals surface area contributed by atoms with Gasteiger partial charge in [0, 0.05) is 18.3 Å². The second-order valence-corrected chi connectivity index (χ2v) is 4.48. The van der Waals surface area contributed by atoms with Gasteiger partial charge >= 0.3 is 0 Å². The van der Waals surface area contributed by atoms with Gasteiger partial charge in [-0.15, -0.1) is 0 Å². The van der Waals surface area contributed by atoms with Gasteiger partial charge in [-0.25, -0.2) is 5.84 Å². The number of carbonyl (C=O) groups is 1. The standard InChI is InChI=1S/C12H19N3O2/c1-12(2,11(16)15-13)9-17-8-6-10-5-3-4-7-14-10/h3-5,7H,6,8-9,13H2,1-2H3,(H,15,16). The molecule has 0 radical (unpaired) electrons. The number of nitrogens with one attached hydrogen (secondary N) is 1. The predicted molar refractivity (Wildman–Crippen MR) is 64.9 cm³/mol. The number of hydrazine groups is 1. The topological polar surface area (TPSA) is 77.2 Å². The van der Waals surface area contributed by atoms with Crippen molar-refractivity contribution in [3.05, 3.63) is 30.1 Å². The Hall–Kier alpha value is -1.46. The summed E-state index contributed by atoms with van der Waals surface area (Å²) >= 11 is 0. The fourth-order valence-corrected chi connectivity index (χ4v) is 1.31. The number of aromatic nitrogens is 1. The van der Waals surface area contributed by atoms with Crippen molar-refractivity contribution in [1.82, 2.24) is 10.4 Å². The molecule has 0 unspecified atom stereocenters. The zero-order chi connectivity index (χ0) is 12.7. The summed E-state index contributed by atoms with van der Waals surface area (Å²) in [6, 6.07) is 5.76. The third kappa shape index (κ3) is 4.50. The monoisotopic (exact) mass is 237 g/mol. The SMILES string of the molecule is CC(C)(COCCc1ccccn1)C(=O)NN. The Morgan fingerprint density at radius 3 is 2.88 bits per heavy atom. The lowest BCUT2D eigenvalue weighted by atomic mass is 9.94. The van der Waals surface area contributed by atoms with E-state index >= 15 is 0 Å². The Balaban J connectivity index is 2.27. The zero-order valence-corrected chi connectivity index (χ0v) is 10.3. The summed E-state index contributed by atoms with van der Waals surface area (Å²) in [5.74, 6) is 4.86. The number of pyridine rings is 1. The summed E-state index contributed by atoms with van der Waals surface area (Å²) in [4.78, 5) is 15.6. The number of nitrogens with two attached hydrogens (primary N) is 1. The molecule has 1 amide bonds. The Bertz CT molecular complexity index is 352. The van der Waals surface area contributed by atoms with Crippen molar-refractivity contribution in [3.63, 3.8) is 0 Å². The lowest BCUT2D eigenvalue weighted by molar-refractivity contribution is -0.132. The zero-order valence-electron chi connectivity index (χ0n) is 10.3. The van der Waals surface area contributed by atoms with Crippen molar-refractivity contribution in [3.8, 4) is 0 Å². The maximum absolute atomic E-state index is 11.4. The van der Waals surface area contributed by atoms with Gasteiger partial charge in [0.25, 0.3) is 0 Å². The molecular weight excluding hydrogens is 218 g/mol. The number of carbonyl (C=O) groups excluding carboxylic acids is 1. The van der Waals surface area contributed by atoms with Crippen LogP contribution in [0.1, 0.15) is 19.5 Å². The average molecular weight is 237 g/mol. The third-order valence-electron chi connectivity index (χ3n) is 2.44. The molecule has 94 valence electrons. The molecule has 0 saturated carbocycles. The van der Waals surface area contributed by atoms with Gasteiger partial charge in [0.2, 0.25) is 5.91 Å². The quantitative estimate of drug-likeness (QED) is 0.330. The van der Waals surface area contributed by atoms with Gasteiger partial charge in [-0.3, -0.25) is 15.2 Å². The van der Waals surface area contributed by atoms with Crippen LogP contribution in [-0.2, 0) is 16.0 Å². The van der Waals surface area contributed by atoms with Gasteiger partial charge in [0.05, 0.1) is 18.6 Å². The van der Waals surface area contributed by atoms with E-state index in [4.69, 9.17) is 10.6 Å². The van der Waals surface area contributed by atoms with E-state index in [2.05, 4.69) is 10.4 Å². The molecule has 1 aromatic rings. The lowest BCUT2D eigenvalue weighted by Crippen LogP contribution is -2.43. The first-order valence-corrected chi connectivity index (χ1v) is 5.55. The highest BCUT2D eigenvalue weighted by atomic mass is 16.5. The summed E-state index contributed by atoms with van der Waals surface area (Å²) in [5.41, 5.74) is 2.50. The smallest absolute Gasteiger partial charge is 0.241 e. The van der Waals surface area contributed by atoms with Gasteiger partial charge in [-0.05, 0) is 26.0 Å². The molecule has 0 aromatic carbocycles. The molecule has 5 heteroatoms. The summed E-state index contributed by atoms with van der Waals surface area (Å²) < 4.78 is 5.47. The Kier molecular flexibility index (Phi) is 5.06. The molecule has 0 bridgehead atoms. The molecule has 0 aliphatic rings. The van der Waals surface area contributed by atoms with Crippen LogP contribution in [0.3, 0.4) is 0 Å². The number of hydrogen-bond donors (Lipinski definition) is 2. The van der Waals surface area contributed by atoms with Gasteiger partial charge in [0.15, 0.2) is 0 Å². The largest absolute Gasteiger partial charge is 0.380 e. The van der Waals surface area contributed by atoms with Crippen LogP contribution in [0.5, 0.6) is 0 Å². The minimum Gasteiger partial charge on any atom is -0.380 e. The van der Waals surface area contributed by atoms with Crippen molar-refractivity contribution < 1.29 is 9.53 Å². The predicted octanol–water partition coefficient (Wildman–Crippen LogP) is 0.657. The summed E-state index contributed by atoms with van der Waals surface area (Å²) in [6.07, 6.45) is 2.49. The summed E-state index contributed by atoms with van der Waals surface area (Å²) in [7, 11) is 0. The van der Waals surface area contributed by atoms with Crippen LogP contribution in [0.15, 0.2) is 24.4 Å². The molecular formula is C12H19N3O2. The first-order chi connectivity index (χ1) is 8.06. The Morgan fingerprint density at radius 1 is 1.53 bits per heavy atom. The molecule has 1 aromatic heterocycles. The van der Waals surface area contributed by atoms with E-state index in [1.807, 2.05) is 18.2 Å². The summed E-state index contributed by atoms with van der Waals surface area (Å²) in [6.45, 7) is 4.45. The van der Waals surface area contributed by atoms with Crippen molar-refractivity contribution in [2.45, 2.75) is 20.3 Å². The second-order valence-electron chi connectivity index (χ2n) is 4.48. The van der Waals surface area contributed by atoms with E-state index in [1.165, 1.54) is 0 Å². The van der Waals surface area contributed by atoms with Crippen molar-refractivity contribution >= 4 is 5.91 Å². The van der Waals surface area contributed by atoms with Gasteiger partial charge in [-0.1, -0.05) is 6.07 Å². The van der Waals surface area contributed by atoms with E-state index in [9.17, 15) is 4.79 Å².